The minimum absolute atomic E-state index is 0.0318. The van der Waals surface area contributed by atoms with E-state index in [-0.39, 0.29) is 18.9 Å². The summed E-state index contributed by atoms with van der Waals surface area (Å²) in [6.07, 6.45) is 0. The lowest BCUT2D eigenvalue weighted by atomic mass is 10.1. The first-order valence-corrected chi connectivity index (χ1v) is 9.12. The first kappa shape index (κ1) is 20.0. The molecule has 0 fully saturated rings. The molecule has 0 unspecified atom stereocenters. The smallest absolute Gasteiger partial charge is 0.387 e. The van der Waals surface area contributed by atoms with Crippen molar-refractivity contribution in [1.29, 1.82) is 0 Å². The zero-order valence-electron chi connectivity index (χ0n) is 14.8. The third-order valence-corrected chi connectivity index (χ3v) is 4.72. The van der Waals surface area contributed by atoms with Gasteiger partial charge in [0.15, 0.2) is 4.80 Å². The lowest BCUT2D eigenvalue weighted by Crippen LogP contribution is -2.18. The van der Waals surface area contributed by atoms with Gasteiger partial charge in [0, 0.05) is 23.6 Å². The summed E-state index contributed by atoms with van der Waals surface area (Å²) in [5, 5.41) is 11.2. The molecule has 0 aliphatic heterocycles. The van der Waals surface area contributed by atoms with E-state index in [1.807, 2.05) is 0 Å². The zero-order valence-corrected chi connectivity index (χ0v) is 15.6. The zero-order chi connectivity index (χ0) is 20.1. The van der Waals surface area contributed by atoms with E-state index >= 15 is 0 Å². The fourth-order valence-corrected chi connectivity index (χ4v) is 3.54. The largest absolute Gasteiger partial charge is 0.497 e. The number of alkyl halides is 2. The van der Waals surface area contributed by atoms with Gasteiger partial charge in [-0.2, -0.15) is 8.78 Å². The van der Waals surface area contributed by atoms with Crippen LogP contribution in [-0.4, -0.2) is 30.0 Å². The quantitative estimate of drug-likeness (QED) is 0.636. The van der Waals surface area contributed by atoms with Gasteiger partial charge in [0.2, 0.25) is 0 Å². The molecular weight excluding hydrogens is 393 g/mol. The average Bonchev–Trinajstić information content (AvgIpc) is 3.05. The van der Waals surface area contributed by atoms with Gasteiger partial charge in [0.25, 0.3) is 0 Å². The van der Waals surface area contributed by atoms with E-state index in [0.717, 1.165) is 0 Å². The van der Waals surface area contributed by atoms with Crippen LogP contribution in [-0.2, 0) is 6.54 Å². The highest BCUT2D eigenvalue weighted by Crippen LogP contribution is 2.27. The number of benzene rings is 2. The van der Waals surface area contributed by atoms with Crippen LogP contribution in [0.5, 0.6) is 11.5 Å². The Hall–Kier alpha value is -2.78. The van der Waals surface area contributed by atoms with Crippen molar-refractivity contribution in [3.05, 3.63) is 58.5 Å². The predicted octanol–water partition coefficient (Wildman–Crippen LogP) is 4.19. The van der Waals surface area contributed by atoms with Crippen LogP contribution in [0, 0.1) is 5.82 Å². The van der Waals surface area contributed by atoms with Crippen molar-refractivity contribution in [3.8, 4) is 22.8 Å². The summed E-state index contributed by atoms with van der Waals surface area (Å²) >= 11 is 1.28. The Balaban J connectivity index is 2.00. The maximum absolute atomic E-state index is 14.5. The summed E-state index contributed by atoms with van der Waals surface area (Å²) in [6.45, 7) is -2.83. The number of aromatic nitrogens is 1. The highest BCUT2D eigenvalue weighted by molar-refractivity contribution is 7.07. The summed E-state index contributed by atoms with van der Waals surface area (Å²) in [5.74, 6) is -0.0190. The summed E-state index contributed by atoms with van der Waals surface area (Å²) in [6, 6.07) is 10.4. The summed E-state index contributed by atoms with van der Waals surface area (Å²) < 4.78 is 50.0. The number of halogens is 3. The number of methoxy groups -OCH3 is 1. The third kappa shape index (κ3) is 4.55. The van der Waals surface area contributed by atoms with Crippen LogP contribution in [0.25, 0.3) is 11.3 Å². The molecule has 1 heterocycles. The number of thiazole rings is 1. The molecule has 28 heavy (non-hydrogen) atoms. The van der Waals surface area contributed by atoms with Crippen molar-refractivity contribution < 1.29 is 27.8 Å². The Morgan fingerprint density at radius 1 is 1.14 bits per heavy atom. The van der Waals surface area contributed by atoms with Crippen molar-refractivity contribution in [2.45, 2.75) is 13.2 Å². The first-order valence-electron chi connectivity index (χ1n) is 8.24. The van der Waals surface area contributed by atoms with E-state index in [4.69, 9.17) is 4.74 Å². The molecule has 0 aliphatic carbocycles. The standard InChI is InChI=1S/C19H17F3N2O3S/c1-26-14-6-7-15(16(20)10-14)17-11-28-19(24(17)8-9-25)23-12-2-4-13(5-3-12)27-18(21)22/h2-7,10-11,18,25H,8-9H2,1H3. The van der Waals surface area contributed by atoms with Crippen LogP contribution in [0.1, 0.15) is 0 Å². The van der Waals surface area contributed by atoms with Gasteiger partial charge < -0.3 is 19.1 Å². The molecule has 1 aromatic heterocycles. The van der Waals surface area contributed by atoms with E-state index in [2.05, 4.69) is 9.73 Å². The molecule has 0 spiro atoms. The number of nitrogens with zero attached hydrogens (tertiary/aromatic N) is 2. The van der Waals surface area contributed by atoms with Crippen molar-refractivity contribution in [3.63, 3.8) is 0 Å². The van der Waals surface area contributed by atoms with Crippen molar-refractivity contribution in [2.24, 2.45) is 4.99 Å². The molecular formula is C19H17F3N2O3S. The minimum Gasteiger partial charge on any atom is -0.497 e. The molecule has 9 heteroatoms. The molecule has 148 valence electrons. The Kier molecular flexibility index (Phi) is 6.37. The second-order valence-electron chi connectivity index (χ2n) is 5.61. The van der Waals surface area contributed by atoms with E-state index in [1.54, 1.807) is 22.1 Å². The average molecular weight is 410 g/mol. The first-order chi connectivity index (χ1) is 13.5. The van der Waals surface area contributed by atoms with Crippen LogP contribution in [0.15, 0.2) is 52.8 Å². The molecule has 5 nitrogen and oxygen atoms in total. The van der Waals surface area contributed by atoms with Gasteiger partial charge in [-0.3, -0.25) is 0 Å². The van der Waals surface area contributed by atoms with Crippen LogP contribution >= 0.6 is 11.3 Å². The maximum Gasteiger partial charge on any atom is 0.387 e. The number of hydrogen-bond donors (Lipinski definition) is 1. The SMILES string of the molecule is COc1ccc(-c2csc(=Nc3ccc(OC(F)F)cc3)n2CCO)c(F)c1. The maximum atomic E-state index is 14.5. The molecule has 0 aliphatic rings. The normalized spacial score (nSPS) is 11.9. The lowest BCUT2D eigenvalue weighted by Gasteiger charge is -2.09. The Labute approximate surface area is 162 Å². The van der Waals surface area contributed by atoms with Crippen LogP contribution < -0.4 is 14.3 Å². The topological polar surface area (TPSA) is 56.0 Å². The van der Waals surface area contributed by atoms with Gasteiger partial charge in [-0.25, -0.2) is 9.38 Å². The van der Waals surface area contributed by atoms with Crippen LogP contribution in [0.4, 0.5) is 18.9 Å². The Morgan fingerprint density at radius 2 is 1.86 bits per heavy atom. The second-order valence-corrected chi connectivity index (χ2v) is 6.45. The van der Waals surface area contributed by atoms with Gasteiger partial charge in [-0.15, -0.1) is 11.3 Å². The molecule has 0 bridgehead atoms. The molecule has 0 saturated heterocycles. The highest BCUT2D eigenvalue weighted by atomic mass is 32.1. The van der Waals surface area contributed by atoms with Gasteiger partial charge >= 0.3 is 6.61 Å². The molecule has 1 N–H and O–H groups in total. The Bertz CT molecular complexity index is 1000. The molecule has 0 saturated carbocycles. The lowest BCUT2D eigenvalue weighted by molar-refractivity contribution is -0.0498. The van der Waals surface area contributed by atoms with Crippen LogP contribution in [0.3, 0.4) is 0 Å². The van der Waals surface area contributed by atoms with E-state index < -0.39 is 12.4 Å². The number of aliphatic hydroxyl groups is 1. The monoisotopic (exact) mass is 410 g/mol. The van der Waals surface area contributed by atoms with Crippen LogP contribution in [0.2, 0.25) is 0 Å². The predicted molar refractivity (Wildman–Crippen MR) is 99.6 cm³/mol. The van der Waals surface area contributed by atoms with Gasteiger partial charge in [-0.1, -0.05) is 0 Å². The van der Waals surface area contributed by atoms with Gasteiger partial charge in [-0.05, 0) is 36.4 Å². The molecule has 0 amide bonds. The molecule has 3 aromatic rings. The molecule has 2 aromatic carbocycles. The minimum atomic E-state index is -2.89. The highest BCUT2D eigenvalue weighted by Gasteiger charge is 2.13. The van der Waals surface area contributed by atoms with Gasteiger partial charge in [0.1, 0.15) is 17.3 Å². The summed E-state index contributed by atoms with van der Waals surface area (Å²) in [5.41, 5.74) is 1.43. The summed E-state index contributed by atoms with van der Waals surface area (Å²) in [4.78, 5) is 5.00. The van der Waals surface area contributed by atoms with Crippen molar-refractivity contribution in [1.82, 2.24) is 4.57 Å². The van der Waals surface area contributed by atoms with Gasteiger partial charge in [0.05, 0.1) is 25.1 Å². The van der Waals surface area contributed by atoms with E-state index in [0.29, 0.717) is 27.5 Å². The van der Waals surface area contributed by atoms with Crippen molar-refractivity contribution in [2.75, 3.05) is 13.7 Å². The van der Waals surface area contributed by atoms with E-state index in [1.165, 1.54) is 48.8 Å². The summed E-state index contributed by atoms with van der Waals surface area (Å²) in [7, 11) is 1.46. The molecule has 3 rings (SSSR count). The number of ether oxygens (including phenoxy) is 2. The number of rotatable bonds is 7. The second kappa shape index (κ2) is 8.94. The van der Waals surface area contributed by atoms with Crippen molar-refractivity contribution >= 4 is 17.0 Å². The van der Waals surface area contributed by atoms with E-state index in [9.17, 15) is 18.3 Å². The number of hydrogen-bond acceptors (Lipinski definition) is 5. The third-order valence-electron chi connectivity index (χ3n) is 3.86. The number of aliphatic hydroxyl groups excluding tert-OH is 1. The fourth-order valence-electron chi connectivity index (χ4n) is 2.59. The Morgan fingerprint density at radius 3 is 2.46 bits per heavy atom. The molecule has 0 radical (unpaired) electrons. The molecule has 0 atom stereocenters. The fraction of sp³-hybridized carbons (Fsp3) is 0.211.